The highest BCUT2D eigenvalue weighted by atomic mass is 35.5. The first-order chi connectivity index (χ1) is 13.1. The summed E-state index contributed by atoms with van der Waals surface area (Å²) in [5, 5.41) is 1.34. The fourth-order valence-electron chi connectivity index (χ4n) is 2.93. The van der Waals surface area contributed by atoms with Crippen molar-refractivity contribution in [3.8, 4) is 11.5 Å². The molecule has 2 heterocycles. The highest BCUT2D eigenvalue weighted by Gasteiger charge is 2.34. The van der Waals surface area contributed by atoms with E-state index in [1.807, 2.05) is 49.4 Å². The number of benzene rings is 2. The first-order valence-electron chi connectivity index (χ1n) is 8.79. The molecule has 2 aliphatic rings. The quantitative estimate of drug-likeness (QED) is 0.745. The van der Waals surface area contributed by atoms with E-state index in [1.165, 1.54) is 0 Å². The van der Waals surface area contributed by atoms with Crippen molar-refractivity contribution in [2.45, 2.75) is 19.4 Å². The summed E-state index contributed by atoms with van der Waals surface area (Å²) in [4.78, 5) is 19.4. The molecule has 1 saturated heterocycles. The number of carbonyl (C=O) groups is 1. The molecule has 27 heavy (non-hydrogen) atoms. The second-order valence-electron chi connectivity index (χ2n) is 6.38. The van der Waals surface area contributed by atoms with Crippen LogP contribution in [0.5, 0.6) is 11.5 Å². The van der Waals surface area contributed by atoms with Crippen molar-refractivity contribution in [2.24, 2.45) is 4.99 Å². The molecule has 7 heteroatoms. The molecule has 0 N–H and O–H groups in total. The molecule has 1 atom stereocenters. The lowest BCUT2D eigenvalue weighted by atomic mass is 10.2. The smallest absolute Gasteiger partial charge is 0.273 e. The van der Waals surface area contributed by atoms with E-state index in [0.717, 1.165) is 23.4 Å². The minimum Gasteiger partial charge on any atom is -0.485 e. The van der Waals surface area contributed by atoms with Crippen molar-refractivity contribution < 1.29 is 14.3 Å². The molecule has 140 valence electrons. The van der Waals surface area contributed by atoms with Gasteiger partial charge in [-0.25, -0.2) is 4.99 Å². The third-order valence-corrected chi connectivity index (χ3v) is 5.89. The monoisotopic (exact) mass is 402 g/mol. The van der Waals surface area contributed by atoms with Crippen LogP contribution in [0.1, 0.15) is 12.0 Å². The third-order valence-electron chi connectivity index (χ3n) is 4.42. The predicted molar refractivity (Wildman–Crippen MR) is 108 cm³/mol. The number of aryl methyl sites for hydroxylation is 1. The minimum absolute atomic E-state index is 0.131. The fraction of sp³-hybridized carbons (Fsp3) is 0.300. The maximum atomic E-state index is 13.1. The van der Waals surface area contributed by atoms with Crippen LogP contribution in [0, 0.1) is 6.92 Å². The second kappa shape index (κ2) is 7.82. The number of halogens is 1. The zero-order valence-corrected chi connectivity index (χ0v) is 16.4. The average molecular weight is 403 g/mol. The van der Waals surface area contributed by atoms with E-state index in [0.29, 0.717) is 28.2 Å². The van der Waals surface area contributed by atoms with Crippen molar-refractivity contribution in [3.05, 3.63) is 53.1 Å². The van der Waals surface area contributed by atoms with Crippen molar-refractivity contribution in [2.75, 3.05) is 18.9 Å². The lowest BCUT2D eigenvalue weighted by Crippen LogP contribution is -2.49. The molecule has 0 bridgehead atoms. The molecule has 1 fully saturated rings. The molecule has 5 nitrogen and oxygen atoms in total. The number of ether oxygens (including phenoxy) is 2. The Morgan fingerprint density at radius 1 is 1.26 bits per heavy atom. The number of fused-ring (bicyclic) bond motifs is 1. The third kappa shape index (κ3) is 3.92. The molecule has 0 spiro atoms. The molecule has 2 aromatic rings. The highest BCUT2D eigenvalue weighted by Crippen LogP contribution is 2.32. The van der Waals surface area contributed by atoms with Gasteiger partial charge in [-0.15, -0.1) is 0 Å². The van der Waals surface area contributed by atoms with Gasteiger partial charge in [0.15, 0.2) is 16.7 Å². The molecule has 0 aromatic heterocycles. The van der Waals surface area contributed by atoms with Crippen LogP contribution in [-0.2, 0) is 4.79 Å². The highest BCUT2D eigenvalue weighted by molar-refractivity contribution is 8.13. The van der Waals surface area contributed by atoms with Crippen LogP contribution in [0.3, 0.4) is 0 Å². The van der Waals surface area contributed by atoms with Crippen molar-refractivity contribution in [1.82, 2.24) is 4.90 Å². The van der Waals surface area contributed by atoms with Gasteiger partial charge in [-0.2, -0.15) is 0 Å². The zero-order valence-electron chi connectivity index (χ0n) is 14.9. The Hall–Kier alpha value is -2.18. The largest absolute Gasteiger partial charge is 0.485 e. The van der Waals surface area contributed by atoms with E-state index in [9.17, 15) is 4.79 Å². The average Bonchev–Trinajstić information content (AvgIpc) is 2.70. The van der Waals surface area contributed by atoms with E-state index in [4.69, 9.17) is 21.1 Å². The Balaban J connectivity index is 1.56. The summed E-state index contributed by atoms with van der Waals surface area (Å²) in [5.74, 6) is 2.05. The zero-order chi connectivity index (χ0) is 18.8. The summed E-state index contributed by atoms with van der Waals surface area (Å²) in [5.41, 5.74) is 1.73. The van der Waals surface area contributed by atoms with Gasteiger partial charge in [-0.3, -0.25) is 9.69 Å². The lowest BCUT2D eigenvalue weighted by Gasteiger charge is -2.33. The van der Waals surface area contributed by atoms with E-state index in [-0.39, 0.29) is 12.5 Å². The van der Waals surface area contributed by atoms with E-state index in [2.05, 4.69) is 4.99 Å². The van der Waals surface area contributed by atoms with Gasteiger partial charge in [0.25, 0.3) is 5.91 Å². The summed E-state index contributed by atoms with van der Waals surface area (Å²) in [7, 11) is 0. The Kier molecular flexibility index (Phi) is 5.27. The van der Waals surface area contributed by atoms with Crippen LogP contribution in [0.15, 0.2) is 47.5 Å². The van der Waals surface area contributed by atoms with E-state index < -0.39 is 6.10 Å². The number of hydrogen-bond acceptors (Lipinski definition) is 5. The maximum Gasteiger partial charge on any atom is 0.273 e. The van der Waals surface area contributed by atoms with Gasteiger partial charge in [-0.05, 0) is 43.2 Å². The Morgan fingerprint density at radius 2 is 2.07 bits per heavy atom. The van der Waals surface area contributed by atoms with Crippen LogP contribution >= 0.6 is 23.4 Å². The van der Waals surface area contributed by atoms with Crippen LogP contribution in [0.25, 0.3) is 0 Å². The molecule has 0 saturated carbocycles. The normalized spacial score (nSPS) is 20.6. The number of amidine groups is 1. The number of amides is 1. The summed E-state index contributed by atoms with van der Waals surface area (Å²) in [6, 6.07) is 13.0. The van der Waals surface area contributed by atoms with Gasteiger partial charge in [0.1, 0.15) is 6.61 Å². The fourth-order valence-corrected chi connectivity index (χ4v) is 4.07. The summed E-state index contributed by atoms with van der Waals surface area (Å²) in [6.45, 7) is 2.76. The van der Waals surface area contributed by atoms with Crippen LogP contribution < -0.4 is 9.47 Å². The van der Waals surface area contributed by atoms with Crippen LogP contribution in [-0.4, -0.2) is 41.0 Å². The number of nitrogens with zero attached hydrogens (tertiary/aromatic N) is 2. The second-order valence-corrected chi connectivity index (χ2v) is 7.85. The Labute approximate surface area is 167 Å². The molecular weight excluding hydrogens is 384 g/mol. The molecule has 2 aliphatic heterocycles. The lowest BCUT2D eigenvalue weighted by molar-refractivity contribution is -0.137. The van der Waals surface area contributed by atoms with Gasteiger partial charge in [-0.1, -0.05) is 41.6 Å². The number of thioether (sulfide) groups is 1. The van der Waals surface area contributed by atoms with Gasteiger partial charge in [0.05, 0.1) is 5.69 Å². The number of carbonyl (C=O) groups excluding carboxylic acids is 1. The van der Waals surface area contributed by atoms with Crippen molar-refractivity contribution in [3.63, 3.8) is 0 Å². The molecule has 1 unspecified atom stereocenters. The number of rotatable bonds is 2. The van der Waals surface area contributed by atoms with Crippen molar-refractivity contribution in [1.29, 1.82) is 0 Å². The molecule has 2 aromatic carbocycles. The standard InChI is InChI=1S/C20H19ClN2O3S/c1-13-7-8-14(11-15(13)21)22-20-23(9-4-10-27-20)19(24)18-12-25-16-5-2-3-6-17(16)26-18/h2-3,5-8,11,18H,4,9-10,12H2,1H3. The number of aliphatic imine (C=N–C) groups is 1. The Bertz CT molecular complexity index is 903. The van der Waals surface area contributed by atoms with Crippen LogP contribution in [0.2, 0.25) is 5.02 Å². The van der Waals surface area contributed by atoms with Gasteiger partial charge >= 0.3 is 0 Å². The van der Waals surface area contributed by atoms with Gasteiger partial charge < -0.3 is 9.47 Å². The van der Waals surface area contributed by atoms with Gasteiger partial charge in [0.2, 0.25) is 6.10 Å². The molecule has 0 aliphatic carbocycles. The molecule has 0 radical (unpaired) electrons. The van der Waals surface area contributed by atoms with E-state index >= 15 is 0 Å². The topological polar surface area (TPSA) is 51.1 Å². The van der Waals surface area contributed by atoms with Crippen LogP contribution in [0.4, 0.5) is 5.69 Å². The number of hydrogen-bond donors (Lipinski definition) is 0. The molecular formula is C20H19ClN2O3S. The summed E-state index contributed by atoms with van der Waals surface area (Å²) < 4.78 is 11.6. The SMILES string of the molecule is Cc1ccc(N=C2SCCCN2C(=O)C2COc3ccccc3O2)cc1Cl. The summed E-state index contributed by atoms with van der Waals surface area (Å²) >= 11 is 7.78. The maximum absolute atomic E-state index is 13.1. The summed E-state index contributed by atoms with van der Waals surface area (Å²) in [6.07, 6.45) is 0.235. The molecule has 1 amide bonds. The first kappa shape index (κ1) is 18.2. The predicted octanol–water partition coefficient (Wildman–Crippen LogP) is 4.44. The Morgan fingerprint density at radius 3 is 2.89 bits per heavy atom. The number of para-hydroxylation sites is 2. The molecule has 4 rings (SSSR count). The minimum atomic E-state index is -0.676. The van der Waals surface area contributed by atoms with Crippen molar-refractivity contribution >= 4 is 40.1 Å². The van der Waals surface area contributed by atoms with Gasteiger partial charge in [0, 0.05) is 17.3 Å². The van der Waals surface area contributed by atoms with E-state index in [1.54, 1.807) is 16.7 Å². The first-order valence-corrected chi connectivity index (χ1v) is 10.2.